The summed E-state index contributed by atoms with van der Waals surface area (Å²) in [6.45, 7) is 62.8. The first-order valence-corrected chi connectivity index (χ1v) is 54.2. The molecule has 0 saturated heterocycles. The number of Topliss-reactive ketones (excluding diaryl/α,β-unsaturated/α-hetero) is 2. The van der Waals surface area contributed by atoms with Gasteiger partial charge in [0, 0.05) is 163 Å². The van der Waals surface area contributed by atoms with E-state index < -0.39 is 85.8 Å². The monoisotopic (exact) mass is 2060 g/mol. The summed E-state index contributed by atoms with van der Waals surface area (Å²) < 4.78 is 129. The van der Waals surface area contributed by atoms with Crippen LogP contribution in [0.2, 0.25) is 10.0 Å². The van der Waals surface area contributed by atoms with E-state index in [1.165, 1.54) is 80.1 Å². The lowest BCUT2D eigenvalue weighted by Gasteiger charge is -2.40. The van der Waals surface area contributed by atoms with Crippen molar-refractivity contribution in [2.75, 3.05) is 105 Å². The molecule has 8 aromatic carbocycles. The topological polar surface area (TPSA) is 234 Å². The zero-order valence-corrected chi connectivity index (χ0v) is 93.5. The van der Waals surface area contributed by atoms with Crippen LogP contribution in [0.1, 0.15) is 213 Å². The van der Waals surface area contributed by atoms with Crippen molar-refractivity contribution in [3.63, 3.8) is 0 Å². The number of rotatable bonds is 29. The average molecular weight is 2070 g/mol. The van der Waals surface area contributed by atoms with Gasteiger partial charge in [-0.05, 0) is 302 Å². The van der Waals surface area contributed by atoms with Gasteiger partial charge in [0.05, 0.1) is 98.4 Å². The number of aliphatic hydroxyl groups excluding tert-OH is 2. The van der Waals surface area contributed by atoms with E-state index in [1.807, 2.05) is 151 Å². The highest BCUT2D eigenvalue weighted by Crippen LogP contribution is 2.56. The van der Waals surface area contributed by atoms with Crippen molar-refractivity contribution in [2.24, 2.45) is 0 Å². The van der Waals surface area contributed by atoms with Gasteiger partial charge in [0.2, 0.25) is 26.5 Å². The van der Waals surface area contributed by atoms with Gasteiger partial charge in [-0.1, -0.05) is 120 Å². The van der Waals surface area contributed by atoms with Gasteiger partial charge < -0.3 is 71.6 Å². The van der Waals surface area contributed by atoms with E-state index in [0.29, 0.717) is 80.8 Å². The number of carbonyl (C=O) groups is 2. The second kappa shape index (κ2) is 43.4. The SMILES string of the molecule is C=C(O)[C@@H](OC(C)(C)C)c1c(C)c2c3c(cc(C)n3CCN2CCN(C)C)c1-c1ccc(C)cc1.C=C(O)[C@@H](OC(C)(C)C)c1c(C)c2c3c(cc(C)n3CCN2CCOC)c1-c1ccc(C)cc1.CC(=O)[C@@H](OC(C)(C)C)c1c(C)c2c3c(cc(C)n3C[C@H](CC(F)F)N2S(C)(=O)=O)c1-c1ccc(Cl)cc1.COCC[C@H]1Cn2c(C)cc3c(-c4ccc(Cl)cc4)c([C@H](OC(C)(C)C)C(C)=O)c(C)c(c32)N1S(C)(=O)=O. The maximum absolute atomic E-state index is 13.7. The molecule has 6 atom stereocenters. The van der Waals surface area contributed by atoms with Gasteiger partial charge in [0.15, 0.2) is 11.6 Å². The first kappa shape index (κ1) is 112. The summed E-state index contributed by atoms with van der Waals surface area (Å²) in [6, 6.07) is 39.3. The minimum Gasteiger partial charge on any atom is -0.510 e. The summed E-state index contributed by atoms with van der Waals surface area (Å²) in [5.41, 5.74) is 26.2. The molecule has 4 aliphatic rings. The van der Waals surface area contributed by atoms with Crippen LogP contribution >= 0.6 is 23.2 Å². The lowest BCUT2D eigenvalue weighted by Crippen LogP contribution is -2.46. The number of carbonyl (C=O) groups excluding carboxylic acids is 2. The fraction of sp³-hybridized carbons (Fsp3) is 0.466. The highest BCUT2D eigenvalue weighted by molar-refractivity contribution is 7.92. The fourth-order valence-electron chi connectivity index (χ4n) is 21.6. The summed E-state index contributed by atoms with van der Waals surface area (Å²) in [6.07, 6.45) is -3.71. The molecule has 0 bridgehead atoms. The Labute approximate surface area is 867 Å². The van der Waals surface area contributed by atoms with E-state index in [4.69, 9.17) is 51.6 Å². The van der Waals surface area contributed by atoms with Crippen molar-refractivity contribution < 1.29 is 73.8 Å². The molecule has 0 fully saturated rings. The summed E-state index contributed by atoms with van der Waals surface area (Å²) >= 11 is 12.4. The Bertz CT molecular complexity index is 7160. The van der Waals surface area contributed by atoms with Gasteiger partial charge in [-0.25, -0.2) is 25.6 Å². The molecule has 782 valence electrons. The molecule has 8 heterocycles. The van der Waals surface area contributed by atoms with Gasteiger partial charge in [-0.3, -0.25) is 18.2 Å². The molecule has 0 aliphatic carbocycles. The standard InChI is InChI=1S/C30H41N3O2.C29H37ClN2O5S.C29H38N2O3.C28H33ClF2N2O4S/c1-19-10-12-23(13-11-19)26-24-18-20(2)33-17-16-32(15-14-31(8)9)27(28(24)33)21(3)25(26)29(22(4)34)35-30(5,6)7;1-17-15-23-25(20-9-11-21(30)12-10-20)24(28(19(3)33)37-29(4,5)6)18(2)26-27(23)31(17)16-22(13-14-36-7)32(26)38(8,34)35;1-18-9-11-22(12-10-18)25-23-17-19(2)31-14-13-30(15-16-33-8)26(27(23)31)20(3)24(25)28(21(4)32)34-29(5,6)7;1-15-12-21-24(18-8-10-19(29)11-9-18)23(27(17(3)34)37-28(4,5)6)16(2)25-26(21)32(15)14-20(13-22(30)31)33(25)38(7,35)36/h10-13,18,29,34H,4,14-17H2,1-3,5-9H3;9-12,15,22,28H,13-14,16H2,1-8H3;9-12,17,28,32H,4,13-16H2,1-3,5-8H3;8-12,20,22,27H,13-14H2,1-7H3/t29-;22-,28+;28-;20-,27+/m1010/s1. The number of anilines is 4. The highest BCUT2D eigenvalue weighted by atomic mass is 35.5. The predicted octanol–water partition coefficient (Wildman–Crippen LogP) is 26.2. The summed E-state index contributed by atoms with van der Waals surface area (Å²) in [5, 5.41) is 26.8. The van der Waals surface area contributed by atoms with Crippen LogP contribution in [-0.2, 0) is 84.2 Å². The van der Waals surface area contributed by atoms with Crippen LogP contribution < -0.4 is 18.4 Å². The van der Waals surface area contributed by atoms with Crippen molar-refractivity contribution in [3.05, 3.63) is 234 Å². The number of aryl methyl sites for hydroxylation is 6. The van der Waals surface area contributed by atoms with E-state index in [0.717, 1.165) is 145 Å². The molecule has 29 heteroatoms. The number of ketones is 2. The number of benzene rings is 8. The highest BCUT2D eigenvalue weighted by Gasteiger charge is 2.46. The molecule has 0 unspecified atom stereocenters. The predicted molar refractivity (Wildman–Crippen MR) is 590 cm³/mol. The molecule has 4 aromatic heterocycles. The van der Waals surface area contributed by atoms with Crippen LogP contribution in [0.3, 0.4) is 0 Å². The van der Waals surface area contributed by atoms with Crippen molar-refractivity contribution >= 4 is 121 Å². The first-order valence-electron chi connectivity index (χ1n) is 49.8. The van der Waals surface area contributed by atoms with E-state index in [2.05, 4.69) is 164 Å². The van der Waals surface area contributed by atoms with E-state index >= 15 is 0 Å². The molecule has 4 aliphatic heterocycles. The minimum atomic E-state index is -3.96. The van der Waals surface area contributed by atoms with Crippen LogP contribution in [0.4, 0.5) is 31.5 Å². The number of sulfonamides is 2. The van der Waals surface area contributed by atoms with Crippen molar-refractivity contribution in [1.82, 2.24) is 23.2 Å². The van der Waals surface area contributed by atoms with Crippen LogP contribution in [-0.4, -0.2) is 189 Å². The molecular weight excluding hydrogens is 1920 g/mol. The minimum absolute atomic E-state index is 0.0216. The lowest BCUT2D eigenvalue weighted by molar-refractivity contribution is -0.139. The number of aliphatic hydroxyl groups is 2. The summed E-state index contributed by atoms with van der Waals surface area (Å²) in [5.74, 6) is -0.353. The zero-order valence-electron chi connectivity index (χ0n) is 90.3. The molecule has 23 nitrogen and oxygen atoms in total. The number of alkyl halides is 2. The Morgan fingerprint density at radius 3 is 1.01 bits per heavy atom. The third-order valence-electron chi connectivity index (χ3n) is 27.4. The quantitative estimate of drug-likeness (QED) is 0.0415. The van der Waals surface area contributed by atoms with E-state index in [9.17, 15) is 45.4 Å². The Hall–Kier alpha value is -10.4. The first-order chi connectivity index (χ1) is 67.6. The van der Waals surface area contributed by atoms with Crippen LogP contribution in [0.5, 0.6) is 0 Å². The Kier molecular flexibility index (Phi) is 33.5. The number of nitrogens with zero attached hydrogens (tertiary/aromatic N) is 9. The molecule has 145 heavy (non-hydrogen) atoms. The number of hydrogen-bond acceptors (Lipinski definition) is 17. The second-order valence-corrected chi connectivity index (χ2v) is 48.4. The third-order valence-corrected chi connectivity index (χ3v) is 30.3. The fourth-order valence-corrected chi connectivity index (χ4v) is 24.4. The second-order valence-electron chi connectivity index (χ2n) is 43.8. The van der Waals surface area contributed by atoms with Gasteiger partial charge in [0.25, 0.3) is 0 Å². The van der Waals surface area contributed by atoms with Crippen molar-refractivity contribution in [1.29, 1.82) is 0 Å². The molecule has 0 spiro atoms. The third kappa shape index (κ3) is 23.7. The smallest absolute Gasteiger partial charge is 0.240 e. The largest absolute Gasteiger partial charge is 0.510 e. The number of halogens is 4. The Morgan fingerprint density at radius 1 is 0.428 bits per heavy atom. The number of aromatic nitrogens is 4. The van der Waals surface area contributed by atoms with E-state index in [1.54, 1.807) is 33.3 Å². The molecule has 12 aromatic rings. The van der Waals surface area contributed by atoms with Crippen LogP contribution in [0.25, 0.3) is 88.1 Å². The molecule has 16 rings (SSSR count). The maximum Gasteiger partial charge on any atom is 0.240 e. The molecule has 0 saturated carbocycles. The number of likely N-dealkylation sites (N-methyl/N-ethyl adjacent to an activating group) is 1. The number of methoxy groups -OCH3 is 2. The molecule has 2 N–H and O–H groups in total. The average Bonchev–Trinajstić information content (AvgIpc) is 1.60. The molecule has 0 radical (unpaired) electrons. The Morgan fingerprint density at radius 2 is 0.710 bits per heavy atom. The van der Waals surface area contributed by atoms with Crippen molar-refractivity contribution in [3.8, 4) is 44.5 Å². The number of ether oxygens (including phenoxy) is 6. The summed E-state index contributed by atoms with van der Waals surface area (Å²) in [4.78, 5) is 33.5. The van der Waals surface area contributed by atoms with Gasteiger partial charge in [-0.15, -0.1) is 0 Å². The normalized spacial score (nSPS) is 15.8. The number of hydrogen-bond donors (Lipinski definition) is 2. The van der Waals surface area contributed by atoms with Gasteiger partial charge in [-0.2, -0.15) is 0 Å². The maximum atomic E-state index is 13.7. The molecule has 0 amide bonds. The lowest BCUT2D eigenvalue weighted by atomic mass is 9.86. The van der Waals surface area contributed by atoms with Gasteiger partial charge in [0.1, 0.15) is 35.9 Å². The van der Waals surface area contributed by atoms with Crippen LogP contribution in [0.15, 0.2) is 146 Å². The van der Waals surface area contributed by atoms with Crippen LogP contribution in [0, 0.1) is 69.2 Å². The summed E-state index contributed by atoms with van der Waals surface area (Å²) in [7, 11) is -0.0306. The van der Waals surface area contributed by atoms with Gasteiger partial charge >= 0.3 is 0 Å². The van der Waals surface area contributed by atoms with E-state index in [-0.39, 0.29) is 35.7 Å². The Balaban J connectivity index is 0.000000162. The molecular formula is C116H149Cl2F2N9O14S2. The zero-order chi connectivity index (χ0) is 107. The van der Waals surface area contributed by atoms with Crippen molar-refractivity contribution in [2.45, 2.75) is 271 Å².